The van der Waals surface area contributed by atoms with Crippen LogP contribution in [0, 0.1) is 0 Å². The predicted octanol–water partition coefficient (Wildman–Crippen LogP) is -0.438. The lowest BCUT2D eigenvalue weighted by Gasteiger charge is -2.23. The van der Waals surface area contributed by atoms with Crippen molar-refractivity contribution in [1.82, 2.24) is 5.32 Å². The molecule has 13 heavy (non-hydrogen) atoms. The molecular weight excluding hydrogens is 188 g/mol. The van der Waals surface area contributed by atoms with Crippen LogP contribution >= 0.6 is 11.8 Å². The highest BCUT2D eigenvalue weighted by Crippen LogP contribution is 2.10. The lowest BCUT2D eigenvalue weighted by molar-refractivity contribution is -0.119. The van der Waals surface area contributed by atoms with E-state index in [-0.39, 0.29) is 29.8 Å². The highest BCUT2D eigenvalue weighted by Gasteiger charge is 2.18. The summed E-state index contributed by atoms with van der Waals surface area (Å²) in [6, 6.07) is -0.279. The number of hydrogen-bond donors (Lipinski definition) is 3. The van der Waals surface area contributed by atoms with Crippen LogP contribution in [0.15, 0.2) is 0 Å². The Balaban J connectivity index is 3.96. The van der Waals surface area contributed by atoms with Crippen molar-refractivity contribution in [2.75, 3.05) is 12.9 Å². The maximum Gasteiger partial charge on any atom is 0.234 e. The number of primary amides is 1. The second-order valence-electron chi connectivity index (χ2n) is 3.04. The molecule has 5 heteroatoms. The standard InChI is InChI=1S/C8H18N2O2S/c1-5(7(4-11)13-3)10-6(2)8(9)12/h5-7,10-11H,4H2,1-3H3,(H2,9,12). The van der Waals surface area contributed by atoms with Crippen LogP contribution < -0.4 is 11.1 Å². The van der Waals surface area contributed by atoms with Crippen molar-refractivity contribution in [2.45, 2.75) is 31.2 Å². The number of thioether (sulfide) groups is 1. The van der Waals surface area contributed by atoms with Gasteiger partial charge in [-0.2, -0.15) is 11.8 Å². The summed E-state index contributed by atoms with van der Waals surface area (Å²) in [5.74, 6) is -0.371. The Labute approximate surface area is 83.3 Å². The zero-order valence-corrected chi connectivity index (χ0v) is 9.10. The van der Waals surface area contributed by atoms with E-state index in [9.17, 15) is 4.79 Å². The molecule has 0 spiro atoms. The molecule has 0 bridgehead atoms. The van der Waals surface area contributed by atoms with Gasteiger partial charge < -0.3 is 16.2 Å². The van der Waals surface area contributed by atoms with E-state index in [1.165, 1.54) is 0 Å². The molecule has 78 valence electrons. The van der Waals surface area contributed by atoms with Crippen molar-refractivity contribution in [2.24, 2.45) is 5.73 Å². The minimum absolute atomic E-state index is 0.0718. The average molecular weight is 206 g/mol. The molecule has 0 aromatic heterocycles. The van der Waals surface area contributed by atoms with Crippen molar-refractivity contribution in [3.05, 3.63) is 0 Å². The number of nitrogens with two attached hydrogens (primary N) is 1. The van der Waals surface area contributed by atoms with Gasteiger partial charge in [-0.3, -0.25) is 4.79 Å². The van der Waals surface area contributed by atoms with E-state index < -0.39 is 0 Å². The van der Waals surface area contributed by atoms with Gasteiger partial charge in [-0.05, 0) is 20.1 Å². The fourth-order valence-electron chi connectivity index (χ4n) is 1.02. The molecule has 0 aliphatic heterocycles. The van der Waals surface area contributed by atoms with Gasteiger partial charge in [0.25, 0.3) is 0 Å². The first-order valence-corrected chi connectivity index (χ1v) is 5.50. The van der Waals surface area contributed by atoms with Gasteiger partial charge in [-0.1, -0.05) is 0 Å². The Morgan fingerprint density at radius 1 is 1.62 bits per heavy atom. The molecule has 0 aliphatic carbocycles. The fraction of sp³-hybridized carbons (Fsp3) is 0.875. The monoisotopic (exact) mass is 206 g/mol. The average Bonchev–Trinajstić information content (AvgIpc) is 2.06. The number of carbonyl (C=O) groups excluding carboxylic acids is 1. The zero-order chi connectivity index (χ0) is 10.4. The zero-order valence-electron chi connectivity index (χ0n) is 8.28. The van der Waals surface area contributed by atoms with Crippen molar-refractivity contribution in [3.63, 3.8) is 0 Å². The third-order valence-corrected chi connectivity index (χ3v) is 3.14. The fourth-order valence-corrected chi connectivity index (χ4v) is 1.66. The van der Waals surface area contributed by atoms with Crippen molar-refractivity contribution in [1.29, 1.82) is 0 Å². The molecule has 3 atom stereocenters. The molecule has 0 heterocycles. The van der Waals surface area contributed by atoms with E-state index in [0.29, 0.717) is 0 Å². The number of carbonyl (C=O) groups is 1. The first-order valence-electron chi connectivity index (χ1n) is 4.22. The Hall–Kier alpha value is -0.260. The highest BCUT2D eigenvalue weighted by molar-refractivity contribution is 7.99. The summed E-state index contributed by atoms with van der Waals surface area (Å²) in [6.07, 6.45) is 1.92. The largest absolute Gasteiger partial charge is 0.395 e. The van der Waals surface area contributed by atoms with Crippen LogP contribution in [0.1, 0.15) is 13.8 Å². The van der Waals surface area contributed by atoms with Crippen molar-refractivity contribution in [3.8, 4) is 0 Å². The summed E-state index contributed by atoms with van der Waals surface area (Å²) >= 11 is 1.57. The highest BCUT2D eigenvalue weighted by atomic mass is 32.2. The maximum atomic E-state index is 10.7. The summed E-state index contributed by atoms with van der Waals surface area (Å²) in [7, 11) is 0. The molecule has 0 saturated heterocycles. The number of amides is 1. The third kappa shape index (κ3) is 4.50. The molecule has 0 aromatic carbocycles. The van der Waals surface area contributed by atoms with Gasteiger partial charge in [-0.25, -0.2) is 0 Å². The van der Waals surface area contributed by atoms with Crippen LogP contribution in [0.4, 0.5) is 0 Å². The van der Waals surface area contributed by atoms with Gasteiger partial charge in [-0.15, -0.1) is 0 Å². The third-order valence-electron chi connectivity index (χ3n) is 1.98. The Morgan fingerprint density at radius 2 is 2.15 bits per heavy atom. The van der Waals surface area contributed by atoms with Crippen LogP contribution in [0.3, 0.4) is 0 Å². The molecule has 0 aromatic rings. The van der Waals surface area contributed by atoms with Crippen LogP contribution in [0.5, 0.6) is 0 Å². The molecule has 4 N–H and O–H groups in total. The van der Waals surface area contributed by atoms with Crippen molar-refractivity contribution < 1.29 is 9.90 Å². The lowest BCUT2D eigenvalue weighted by Crippen LogP contribution is -2.47. The molecule has 3 unspecified atom stereocenters. The molecule has 0 radical (unpaired) electrons. The Kier molecular flexibility index (Phi) is 6.11. The van der Waals surface area contributed by atoms with Gasteiger partial charge in [0.15, 0.2) is 0 Å². The normalized spacial score (nSPS) is 17.8. The van der Waals surface area contributed by atoms with Crippen LogP contribution in [0.25, 0.3) is 0 Å². The van der Waals surface area contributed by atoms with Crippen LogP contribution in [-0.2, 0) is 4.79 Å². The smallest absolute Gasteiger partial charge is 0.234 e. The summed E-state index contributed by atoms with van der Waals surface area (Å²) in [4.78, 5) is 10.7. The van der Waals surface area contributed by atoms with Gasteiger partial charge in [0.05, 0.1) is 12.6 Å². The second kappa shape index (κ2) is 6.23. The first-order chi connectivity index (χ1) is 6.02. The molecular formula is C8H18N2O2S. The molecule has 4 nitrogen and oxygen atoms in total. The Bertz CT molecular complexity index is 162. The summed E-state index contributed by atoms with van der Waals surface area (Å²) in [6.45, 7) is 3.74. The minimum Gasteiger partial charge on any atom is -0.395 e. The van der Waals surface area contributed by atoms with E-state index in [2.05, 4.69) is 5.32 Å². The number of aliphatic hydroxyl groups is 1. The second-order valence-corrected chi connectivity index (χ2v) is 4.11. The molecule has 0 aliphatic rings. The Morgan fingerprint density at radius 3 is 2.46 bits per heavy atom. The summed E-state index contributed by atoms with van der Waals surface area (Å²) < 4.78 is 0. The van der Waals surface area contributed by atoms with Crippen molar-refractivity contribution >= 4 is 17.7 Å². The van der Waals surface area contributed by atoms with E-state index in [4.69, 9.17) is 10.8 Å². The maximum absolute atomic E-state index is 10.7. The number of nitrogens with one attached hydrogen (secondary N) is 1. The molecule has 0 saturated carbocycles. The van der Waals surface area contributed by atoms with E-state index in [1.807, 2.05) is 13.2 Å². The SMILES string of the molecule is CSC(CO)C(C)NC(C)C(N)=O. The minimum atomic E-state index is -0.371. The number of aliphatic hydroxyl groups excluding tert-OH is 1. The lowest BCUT2D eigenvalue weighted by atomic mass is 10.2. The molecule has 0 fully saturated rings. The number of hydrogen-bond acceptors (Lipinski definition) is 4. The number of rotatable bonds is 6. The van der Waals surface area contributed by atoms with Crippen LogP contribution in [-0.4, -0.2) is 41.2 Å². The molecule has 1 amide bonds. The first kappa shape index (κ1) is 12.7. The van der Waals surface area contributed by atoms with Gasteiger partial charge in [0.2, 0.25) is 5.91 Å². The van der Waals surface area contributed by atoms with E-state index in [0.717, 1.165) is 0 Å². The van der Waals surface area contributed by atoms with E-state index in [1.54, 1.807) is 18.7 Å². The quantitative estimate of drug-likeness (QED) is 0.551. The topological polar surface area (TPSA) is 75.3 Å². The van der Waals surface area contributed by atoms with Gasteiger partial charge in [0, 0.05) is 11.3 Å². The summed E-state index contributed by atoms with van der Waals surface area (Å²) in [5, 5.41) is 12.1. The van der Waals surface area contributed by atoms with Gasteiger partial charge in [0.1, 0.15) is 0 Å². The van der Waals surface area contributed by atoms with Crippen LogP contribution in [0.2, 0.25) is 0 Å². The predicted molar refractivity (Wildman–Crippen MR) is 55.6 cm³/mol. The van der Waals surface area contributed by atoms with Gasteiger partial charge >= 0.3 is 0 Å². The van der Waals surface area contributed by atoms with E-state index >= 15 is 0 Å². The summed E-state index contributed by atoms with van der Waals surface area (Å²) in [5.41, 5.74) is 5.10. The molecule has 0 rings (SSSR count).